The number of anilines is 1. The van der Waals surface area contributed by atoms with Gasteiger partial charge in [0, 0.05) is 11.6 Å². The fourth-order valence-electron chi connectivity index (χ4n) is 2.38. The van der Waals surface area contributed by atoms with Gasteiger partial charge in [0.05, 0.1) is 23.0 Å². The molecule has 1 amide bonds. The highest BCUT2D eigenvalue weighted by molar-refractivity contribution is 7.12. The second-order valence-electron chi connectivity index (χ2n) is 5.31. The van der Waals surface area contributed by atoms with Crippen LogP contribution >= 0.6 is 22.9 Å². The second kappa shape index (κ2) is 7.29. The lowest BCUT2D eigenvalue weighted by molar-refractivity contribution is 0.0682. The highest BCUT2D eigenvalue weighted by Gasteiger charge is 2.18. The molecule has 5 nitrogen and oxygen atoms in total. The Balaban J connectivity index is 1.73. The molecule has 0 bridgehead atoms. The van der Waals surface area contributed by atoms with Crippen molar-refractivity contribution in [3.05, 3.63) is 39.3 Å². The van der Waals surface area contributed by atoms with Crippen LogP contribution < -0.4 is 10.1 Å². The van der Waals surface area contributed by atoms with Crippen LogP contribution in [-0.4, -0.2) is 30.2 Å². The molecule has 2 aromatic rings. The molecular formula is C16H17ClN2O3S. The van der Waals surface area contributed by atoms with Gasteiger partial charge in [-0.1, -0.05) is 11.6 Å². The van der Waals surface area contributed by atoms with Gasteiger partial charge < -0.3 is 14.8 Å². The van der Waals surface area contributed by atoms with Gasteiger partial charge in [0.1, 0.15) is 17.2 Å². The van der Waals surface area contributed by atoms with E-state index < -0.39 is 0 Å². The number of aryl methyl sites for hydroxylation is 1. The molecule has 122 valence electrons. The van der Waals surface area contributed by atoms with Gasteiger partial charge in [-0.3, -0.25) is 4.79 Å². The van der Waals surface area contributed by atoms with Gasteiger partial charge in [0.2, 0.25) is 0 Å². The summed E-state index contributed by atoms with van der Waals surface area (Å²) in [5, 5.41) is 3.38. The van der Waals surface area contributed by atoms with E-state index in [0.29, 0.717) is 33.6 Å². The lowest BCUT2D eigenvalue weighted by Gasteiger charge is -2.15. The van der Waals surface area contributed by atoms with Crippen molar-refractivity contribution < 1.29 is 14.3 Å². The zero-order chi connectivity index (χ0) is 16.2. The van der Waals surface area contributed by atoms with E-state index in [1.54, 1.807) is 30.6 Å². The van der Waals surface area contributed by atoms with Crippen molar-refractivity contribution >= 4 is 34.5 Å². The molecule has 0 spiro atoms. The number of carbonyl (C=O) groups excluding carboxylic acids is 1. The summed E-state index contributed by atoms with van der Waals surface area (Å²) in [6, 6.07) is 5.17. The third-order valence-electron chi connectivity index (χ3n) is 3.59. The van der Waals surface area contributed by atoms with E-state index >= 15 is 0 Å². The first kappa shape index (κ1) is 16.2. The van der Waals surface area contributed by atoms with Crippen LogP contribution in [0.1, 0.15) is 28.2 Å². The molecule has 23 heavy (non-hydrogen) atoms. The maximum Gasteiger partial charge on any atom is 0.267 e. The van der Waals surface area contributed by atoms with Crippen LogP contribution in [0.4, 0.5) is 5.69 Å². The zero-order valence-corrected chi connectivity index (χ0v) is 14.2. The highest BCUT2D eigenvalue weighted by atomic mass is 35.5. The Labute approximate surface area is 143 Å². The number of halogens is 1. The number of benzene rings is 1. The number of hydrogen-bond acceptors (Lipinski definition) is 5. The maximum atomic E-state index is 12.4. The quantitative estimate of drug-likeness (QED) is 0.886. The Morgan fingerprint density at radius 2 is 2.43 bits per heavy atom. The van der Waals surface area contributed by atoms with Gasteiger partial charge in [-0.2, -0.15) is 0 Å². The average molecular weight is 353 g/mol. The van der Waals surface area contributed by atoms with Crippen molar-refractivity contribution in [2.24, 2.45) is 0 Å². The van der Waals surface area contributed by atoms with E-state index in [9.17, 15) is 4.79 Å². The van der Waals surface area contributed by atoms with Crippen molar-refractivity contribution in [1.82, 2.24) is 4.98 Å². The first-order chi connectivity index (χ1) is 11.1. The van der Waals surface area contributed by atoms with Gasteiger partial charge >= 0.3 is 0 Å². The number of thiazole rings is 1. The average Bonchev–Trinajstić information content (AvgIpc) is 3.17. The summed E-state index contributed by atoms with van der Waals surface area (Å²) in [4.78, 5) is 17.0. The van der Waals surface area contributed by atoms with Crippen LogP contribution in [0.3, 0.4) is 0 Å². The number of amides is 1. The molecule has 1 saturated heterocycles. The molecule has 1 aromatic heterocycles. The van der Waals surface area contributed by atoms with Crippen LogP contribution in [0.5, 0.6) is 5.75 Å². The van der Waals surface area contributed by atoms with E-state index in [4.69, 9.17) is 21.1 Å². The van der Waals surface area contributed by atoms with Gasteiger partial charge in [-0.05, 0) is 38.0 Å². The number of ether oxygens (including phenoxy) is 2. The van der Waals surface area contributed by atoms with Gasteiger partial charge in [-0.15, -0.1) is 11.3 Å². The minimum atomic E-state index is -0.214. The summed E-state index contributed by atoms with van der Waals surface area (Å²) in [7, 11) is 0. The Bertz CT molecular complexity index is 698. The van der Waals surface area contributed by atoms with Crippen molar-refractivity contribution in [1.29, 1.82) is 0 Å². The van der Waals surface area contributed by atoms with Crippen LogP contribution in [0.15, 0.2) is 23.7 Å². The highest BCUT2D eigenvalue weighted by Crippen LogP contribution is 2.30. The summed E-state index contributed by atoms with van der Waals surface area (Å²) in [6.07, 6.45) is 2.16. The Morgan fingerprint density at radius 1 is 1.57 bits per heavy atom. The predicted molar refractivity (Wildman–Crippen MR) is 90.7 cm³/mol. The monoisotopic (exact) mass is 352 g/mol. The zero-order valence-electron chi connectivity index (χ0n) is 12.7. The summed E-state index contributed by atoms with van der Waals surface area (Å²) < 4.78 is 11.4. The standard InChI is InChI=1S/C16H17ClN2O3S/c1-10-15(23-9-18-10)16(20)19-13-7-11(17)4-5-14(13)22-8-12-3-2-6-21-12/h4-5,7,9,12H,2-3,6,8H2,1H3,(H,19,20)/t12-/m0/s1. The summed E-state index contributed by atoms with van der Waals surface area (Å²) >= 11 is 7.35. The third-order valence-corrected chi connectivity index (χ3v) is 4.75. The molecule has 3 rings (SSSR count). The lowest BCUT2D eigenvalue weighted by atomic mass is 10.2. The van der Waals surface area contributed by atoms with E-state index in [-0.39, 0.29) is 12.0 Å². The largest absolute Gasteiger partial charge is 0.489 e. The Hall–Kier alpha value is -1.63. The summed E-state index contributed by atoms with van der Waals surface area (Å²) in [5.74, 6) is 0.370. The molecule has 1 aliphatic rings. The number of rotatable bonds is 5. The molecule has 7 heteroatoms. The number of hydrogen-bond donors (Lipinski definition) is 1. The molecule has 0 radical (unpaired) electrons. The minimum Gasteiger partial charge on any atom is -0.489 e. The number of nitrogens with one attached hydrogen (secondary N) is 1. The van der Waals surface area contributed by atoms with E-state index in [0.717, 1.165) is 19.4 Å². The van der Waals surface area contributed by atoms with E-state index in [1.165, 1.54) is 11.3 Å². The van der Waals surface area contributed by atoms with Gasteiger partial charge in [-0.25, -0.2) is 4.98 Å². The fraction of sp³-hybridized carbons (Fsp3) is 0.375. The molecule has 1 N–H and O–H groups in total. The maximum absolute atomic E-state index is 12.4. The fourth-order valence-corrected chi connectivity index (χ4v) is 3.25. The number of carbonyl (C=O) groups is 1. The summed E-state index contributed by atoms with van der Waals surface area (Å²) in [6.45, 7) is 3.05. The molecule has 1 fully saturated rings. The molecule has 0 saturated carbocycles. The SMILES string of the molecule is Cc1ncsc1C(=O)Nc1cc(Cl)ccc1OC[C@@H]1CCCO1. The normalized spacial score (nSPS) is 17.2. The van der Waals surface area contributed by atoms with Crippen molar-refractivity contribution in [3.63, 3.8) is 0 Å². The summed E-state index contributed by atoms with van der Waals surface area (Å²) in [5.41, 5.74) is 2.90. The first-order valence-electron chi connectivity index (χ1n) is 7.39. The van der Waals surface area contributed by atoms with Crippen LogP contribution in [-0.2, 0) is 4.74 Å². The molecule has 2 heterocycles. The Morgan fingerprint density at radius 3 is 3.13 bits per heavy atom. The van der Waals surface area contributed by atoms with Gasteiger partial charge in [0.15, 0.2) is 0 Å². The Kier molecular flexibility index (Phi) is 5.15. The molecular weight excluding hydrogens is 336 g/mol. The van der Waals surface area contributed by atoms with Crippen LogP contribution in [0, 0.1) is 6.92 Å². The van der Waals surface area contributed by atoms with Crippen molar-refractivity contribution in [2.45, 2.75) is 25.9 Å². The van der Waals surface area contributed by atoms with E-state index in [1.807, 2.05) is 0 Å². The minimum absolute atomic E-state index is 0.109. The third kappa shape index (κ3) is 4.02. The topological polar surface area (TPSA) is 60.5 Å². The second-order valence-corrected chi connectivity index (χ2v) is 6.60. The van der Waals surface area contributed by atoms with Crippen LogP contribution in [0.2, 0.25) is 5.02 Å². The molecule has 0 unspecified atom stereocenters. The first-order valence-corrected chi connectivity index (χ1v) is 8.64. The smallest absolute Gasteiger partial charge is 0.267 e. The predicted octanol–water partition coefficient (Wildman–Crippen LogP) is 3.92. The molecule has 0 aliphatic carbocycles. The lowest BCUT2D eigenvalue weighted by Crippen LogP contribution is -2.18. The van der Waals surface area contributed by atoms with Crippen molar-refractivity contribution in [2.75, 3.05) is 18.5 Å². The van der Waals surface area contributed by atoms with Crippen LogP contribution in [0.25, 0.3) is 0 Å². The van der Waals surface area contributed by atoms with Crippen molar-refractivity contribution in [3.8, 4) is 5.75 Å². The van der Waals surface area contributed by atoms with E-state index in [2.05, 4.69) is 10.3 Å². The molecule has 1 aliphatic heterocycles. The molecule has 1 atom stereocenters. The van der Waals surface area contributed by atoms with Gasteiger partial charge in [0.25, 0.3) is 5.91 Å². The number of aromatic nitrogens is 1. The molecule has 1 aromatic carbocycles. The number of nitrogens with zero attached hydrogens (tertiary/aromatic N) is 1.